The van der Waals surface area contributed by atoms with Crippen LogP contribution in [0.4, 0.5) is 0 Å². The Bertz CT molecular complexity index is 547. The van der Waals surface area contributed by atoms with Crippen LogP contribution in [0, 0.1) is 5.92 Å². The van der Waals surface area contributed by atoms with E-state index in [0.29, 0.717) is 34.5 Å². The van der Waals surface area contributed by atoms with Crippen LogP contribution in [0.2, 0.25) is 5.02 Å². The summed E-state index contributed by atoms with van der Waals surface area (Å²) in [5, 5.41) is 9.45. The molecule has 2 aliphatic rings. The zero-order valence-electron chi connectivity index (χ0n) is 11.7. The number of rotatable bonds is 3. The largest absolute Gasteiger partial charge is 0.454 e. The number of carbonyl (C=O) groups excluding carboxylic acids is 1. The van der Waals surface area contributed by atoms with E-state index >= 15 is 0 Å². The molecule has 5 nitrogen and oxygen atoms in total. The van der Waals surface area contributed by atoms with Gasteiger partial charge in [-0.1, -0.05) is 11.6 Å². The molecule has 1 atom stereocenters. The molecule has 0 radical (unpaired) electrons. The molecular formula is C15H18ClNO4. The number of benzene rings is 1. The molecule has 0 spiro atoms. The third-order valence-electron chi connectivity index (χ3n) is 4.02. The molecule has 1 N–H and O–H groups in total. The van der Waals surface area contributed by atoms with Crippen LogP contribution in [-0.4, -0.2) is 42.4 Å². The Morgan fingerprint density at radius 1 is 1.43 bits per heavy atom. The Labute approximate surface area is 128 Å². The molecule has 2 aliphatic heterocycles. The van der Waals surface area contributed by atoms with Crippen molar-refractivity contribution in [2.24, 2.45) is 5.92 Å². The van der Waals surface area contributed by atoms with E-state index in [2.05, 4.69) is 0 Å². The van der Waals surface area contributed by atoms with Crippen molar-refractivity contribution < 1.29 is 19.4 Å². The third-order valence-corrected chi connectivity index (χ3v) is 4.30. The van der Waals surface area contributed by atoms with Crippen molar-refractivity contribution in [1.29, 1.82) is 0 Å². The van der Waals surface area contributed by atoms with Crippen LogP contribution >= 0.6 is 11.6 Å². The first-order valence-corrected chi connectivity index (χ1v) is 7.56. The van der Waals surface area contributed by atoms with Crippen LogP contribution in [0.15, 0.2) is 12.1 Å². The smallest absolute Gasteiger partial charge is 0.254 e. The third kappa shape index (κ3) is 2.94. The number of nitrogens with zero attached hydrogens (tertiary/aromatic N) is 1. The summed E-state index contributed by atoms with van der Waals surface area (Å²) in [6.45, 7) is 1.73. The highest BCUT2D eigenvalue weighted by Crippen LogP contribution is 2.40. The highest BCUT2D eigenvalue weighted by Gasteiger charge is 2.27. The van der Waals surface area contributed by atoms with E-state index in [-0.39, 0.29) is 19.3 Å². The summed E-state index contributed by atoms with van der Waals surface area (Å²) < 4.78 is 10.6. The minimum absolute atomic E-state index is 0.0437. The molecule has 6 heteroatoms. The maximum atomic E-state index is 12.6. The fraction of sp³-hybridized carbons (Fsp3) is 0.533. The molecule has 1 saturated heterocycles. The number of halogens is 1. The molecule has 1 unspecified atom stereocenters. The van der Waals surface area contributed by atoms with Gasteiger partial charge in [-0.15, -0.1) is 0 Å². The number of hydrogen-bond donors (Lipinski definition) is 1. The summed E-state index contributed by atoms with van der Waals surface area (Å²) in [7, 11) is 0. The molecule has 1 aromatic carbocycles. The standard InChI is InChI=1S/C15H18ClNO4/c16-12-6-11(7-13-14(12)21-9-20-13)15(19)17-4-1-2-10(8-17)3-5-18/h6-7,10,18H,1-5,8-9H2. The number of ether oxygens (including phenoxy) is 2. The van der Waals surface area contributed by atoms with Gasteiger partial charge in [0.1, 0.15) is 0 Å². The number of fused-ring (bicyclic) bond motifs is 1. The molecule has 21 heavy (non-hydrogen) atoms. The van der Waals surface area contributed by atoms with E-state index in [9.17, 15) is 4.79 Å². The Hall–Kier alpha value is -1.46. The van der Waals surface area contributed by atoms with E-state index < -0.39 is 0 Å². The highest BCUT2D eigenvalue weighted by atomic mass is 35.5. The Morgan fingerprint density at radius 3 is 3.10 bits per heavy atom. The summed E-state index contributed by atoms with van der Waals surface area (Å²) in [6.07, 6.45) is 2.77. The van der Waals surface area contributed by atoms with Gasteiger partial charge in [0, 0.05) is 25.3 Å². The van der Waals surface area contributed by atoms with Crippen LogP contribution in [0.3, 0.4) is 0 Å². The Morgan fingerprint density at radius 2 is 2.29 bits per heavy atom. The Kier molecular flexibility index (Phi) is 4.22. The molecule has 2 heterocycles. The molecule has 3 rings (SSSR count). The topological polar surface area (TPSA) is 59.0 Å². The van der Waals surface area contributed by atoms with Gasteiger partial charge in [0.05, 0.1) is 5.02 Å². The lowest BCUT2D eigenvalue weighted by atomic mass is 9.94. The maximum absolute atomic E-state index is 12.6. The maximum Gasteiger partial charge on any atom is 0.254 e. The van der Waals surface area contributed by atoms with Crippen molar-refractivity contribution in [3.05, 3.63) is 22.7 Å². The van der Waals surface area contributed by atoms with Crippen LogP contribution in [-0.2, 0) is 0 Å². The van der Waals surface area contributed by atoms with Gasteiger partial charge in [0.2, 0.25) is 6.79 Å². The molecule has 0 aromatic heterocycles. The van der Waals surface area contributed by atoms with Crippen molar-refractivity contribution in [3.8, 4) is 11.5 Å². The van der Waals surface area contributed by atoms with Gasteiger partial charge in [-0.05, 0) is 37.3 Å². The monoisotopic (exact) mass is 311 g/mol. The molecular weight excluding hydrogens is 294 g/mol. The van der Waals surface area contributed by atoms with Crippen molar-refractivity contribution in [1.82, 2.24) is 4.90 Å². The van der Waals surface area contributed by atoms with Crippen LogP contribution in [0.25, 0.3) is 0 Å². The first kappa shape index (κ1) is 14.5. The quantitative estimate of drug-likeness (QED) is 0.930. The van der Waals surface area contributed by atoms with Gasteiger partial charge < -0.3 is 19.5 Å². The second-order valence-electron chi connectivity index (χ2n) is 5.46. The molecule has 1 aromatic rings. The first-order chi connectivity index (χ1) is 10.2. The number of piperidine rings is 1. The fourth-order valence-corrected chi connectivity index (χ4v) is 3.21. The van der Waals surface area contributed by atoms with Crippen LogP contribution in [0.1, 0.15) is 29.6 Å². The van der Waals surface area contributed by atoms with Gasteiger partial charge >= 0.3 is 0 Å². The average molecular weight is 312 g/mol. The van der Waals surface area contributed by atoms with Crippen molar-refractivity contribution in [2.45, 2.75) is 19.3 Å². The van der Waals surface area contributed by atoms with Crippen molar-refractivity contribution in [3.63, 3.8) is 0 Å². The second-order valence-corrected chi connectivity index (χ2v) is 5.87. The molecule has 1 amide bonds. The summed E-state index contributed by atoms with van der Waals surface area (Å²) in [5.74, 6) is 1.36. The molecule has 0 saturated carbocycles. The van der Waals surface area contributed by atoms with Gasteiger partial charge in [0.15, 0.2) is 11.5 Å². The van der Waals surface area contributed by atoms with Gasteiger partial charge in [-0.25, -0.2) is 0 Å². The molecule has 1 fully saturated rings. The highest BCUT2D eigenvalue weighted by molar-refractivity contribution is 6.32. The number of amides is 1. The lowest BCUT2D eigenvalue weighted by Crippen LogP contribution is -2.40. The van der Waals surface area contributed by atoms with Gasteiger partial charge in [-0.3, -0.25) is 4.79 Å². The van der Waals surface area contributed by atoms with Gasteiger partial charge in [0.25, 0.3) is 5.91 Å². The predicted molar refractivity (Wildman–Crippen MR) is 77.9 cm³/mol. The van der Waals surface area contributed by atoms with E-state index in [0.717, 1.165) is 25.8 Å². The summed E-state index contributed by atoms with van der Waals surface area (Å²) in [5.41, 5.74) is 0.522. The molecule has 0 bridgehead atoms. The van der Waals surface area contributed by atoms with Crippen molar-refractivity contribution >= 4 is 17.5 Å². The summed E-state index contributed by atoms with van der Waals surface area (Å²) >= 11 is 6.13. The summed E-state index contributed by atoms with van der Waals surface area (Å²) in [4.78, 5) is 14.4. The van der Waals surface area contributed by atoms with Crippen molar-refractivity contribution in [2.75, 3.05) is 26.5 Å². The average Bonchev–Trinajstić information content (AvgIpc) is 2.96. The van der Waals surface area contributed by atoms with E-state index in [1.54, 1.807) is 12.1 Å². The van der Waals surface area contributed by atoms with E-state index in [1.165, 1.54) is 0 Å². The SMILES string of the molecule is O=C(c1cc(Cl)c2c(c1)OCO2)N1CCCC(CCO)C1. The van der Waals surface area contributed by atoms with E-state index in [1.807, 2.05) is 4.90 Å². The number of likely N-dealkylation sites (tertiary alicyclic amines) is 1. The predicted octanol–water partition coefficient (Wildman–Crippen LogP) is 2.30. The van der Waals surface area contributed by atoms with Gasteiger partial charge in [-0.2, -0.15) is 0 Å². The molecule has 114 valence electrons. The minimum Gasteiger partial charge on any atom is -0.454 e. The lowest BCUT2D eigenvalue weighted by Gasteiger charge is -2.32. The molecule has 0 aliphatic carbocycles. The Balaban J connectivity index is 1.77. The van der Waals surface area contributed by atoms with Crippen LogP contribution < -0.4 is 9.47 Å². The number of aliphatic hydroxyl groups excluding tert-OH is 1. The zero-order valence-corrected chi connectivity index (χ0v) is 12.4. The minimum atomic E-state index is -0.0437. The second kappa shape index (κ2) is 6.12. The number of carbonyl (C=O) groups is 1. The normalized spacial score (nSPS) is 20.7. The first-order valence-electron chi connectivity index (χ1n) is 7.18. The lowest BCUT2D eigenvalue weighted by molar-refractivity contribution is 0.0653. The zero-order chi connectivity index (χ0) is 14.8. The number of aliphatic hydroxyl groups is 1. The van der Waals surface area contributed by atoms with Crippen LogP contribution in [0.5, 0.6) is 11.5 Å². The number of hydrogen-bond acceptors (Lipinski definition) is 4. The fourth-order valence-electron chi connectivity index (χ4n) is 2.94. The van der Waals surface area contributed by atoms with E-state index in [4.69, 9.17) is 26.2 Å². The summed E-state index contributed by atoms with van der Waals surface area (Å²) in [6, 6.07) is 3.32.